The quantitative estimate of drug-likeness (QED) is 0.814. The number of aliphatic hydroxyl groups excluding tert-OH is 1. The van der Waals surface area contributed by atoms with E-state index < -0.39 is 6.04 Å². The largest absolute Gasteiger partial charge is 0.394 e. The second-order valence-corrected chi connectivity index (χ2v) is 3.76. The van der Waals surface area contributed by atoms with Crippen molar-refractivity contribution in [1.82, 2.24) is 5.32 Å². The van der Waals surface area contributed by atoms with Crippen LogP contribution in [0.15, 0.2) is 24.3 Å². The Morgan fingerprint density at radius 1 is 1.62 bits per heavy atom. The summed E-state index contributed by atoms with van der Waals surface area (Å²) in [6.45, 7) is 0.100. The summed E-state index contributed by atoms with van der Waals surface area (Å²) >= 11 is 5.77. The van der Waals surface area contributed by atoms with Crippen molar-refractivity contribution in [1.29, 1.82) is 0 Å². The number of carbonyl (C=O) groups excluding carboxylic acids is 1. The van der Waals surface area contributed by atoms with Gasteiger partial charge >= 0.3 is 0 Å². The normalized spacial score (nSPS) is 12.2. The Hall–Kier alpha value is -1.10. The molecule has 1 rings (SSSR count). The highest BCUT2D eigenvalue weighted by Crippen LogP contribution is 2.10. The molecule has 0 bridgehead atoms. The van der Waals surface area contributed by atoms with Crippen LogP contribution in [0.2, 0.25) is 5.02 Å². The standard InChI is InChI=1S/C11H14ClNO3/c1-16-7-10(6-14)13-11(15)8-3-2-4-9(12)5-8/h2-5,10,14H,6-7H2,1H3,(H,13,15). The summed E-state index contributed by atoms with van der Waals surface area (Å²) in [5, 5.41) is 12.1. The highest BCUT2D eigenvalue weighted by atomic mass is 35.5. The van der Waals surface area contributed by atoms with Crippen LogP contribution in [0, 0.1) is 0 Å². The van der Waals surface area contributed by atoms with Crippen LogP contribution in [0.1, 0.15) is 10.4 Å². The number of ether oxygens (including phenoxy) is 1. The number of nitrogens with one attached hydrogen (secondary N) is 1. The van der Waals surface area contributed by atoms with Crippen molar-refractivity contribution in [2.45, 2.75) is 6.04 Å². The van der Waals surface area contributed by atoms with Crippen molar-refractivity contribution in [2.75, 3.05) is 20.3 Å². The molecular formula is C11H14ClNO3. The Bertz CT molecular complexity index is 357. The summed E-state index contributed by atoms with van der Waals surface area (Å²) in [4.78, 5) is 11.7. The van der Waals surface area contributed by atoms with Gasteiger partial charge in [-0.2, -0.15) is 0 Å². The molecule has 0 aliphatic heterocycles. The van der Waals surface area contributed by atoms with Gasteiger partial charge in [0.25, 0.3) is 5.91 Å². The number of aliphatic hydroxyl groups is 1. The number of amides is 1. The average Bonchev–Trinajstić information content (AvgIpc) is 2.28. The highest BCUT2D eigenvalue weighted by molar-refractivity contribution is 6.30. The number of benzene rings is 1. The summed E-state index contributed by atoms with van der Waals surface area (Å²) < 4.78 is 4.85. The van der Waals surface area contributed by atoms with Crippen molar-refractivity contribution < 1.29 is 14.6 Å². The molecule has 0 aromatic heterocycles. The van der Waals surface area contributed by atoms with Gasteiger partial charge in [0, 0.05) is 17.7 Å². The topological polar surface area (TPSA) is 58.6 Å². The molecule has 1 amide bonds. The number of methoxy groups -OCH3 is 1. The number of hydrogen-bond acceptors (Lipinski definition) is 3. The van der Waals surface area contributed by atoms with E-state index >= 15 is 0 Å². The molecule has 4 nitrogen and oxygen atoms in total. The Morgan fingerprint density at radius 3 is 2.94 bits per heavy atom. The lowest BCUT2D eigenvalue weighted by Gasteiger charge is -2.15. The predicted molar refractivity (Wildman–Crippen MR) is 61.7 cm³/mol. The summed E-state index contributed by atoms with van der Waals surface area (Å²) in [6.07, 6.45) is 0. The number of halogens is 1. The van der Waals surface area contributed by atoms with Gasteiger partial charge in [0.05, 0.1) is 19.3 Å². The van der Waals surface area contributed by atoms with Crippen LogP contribution in [0.25, 0.3) is 0 Å². The third-order valence-electron chi connectivity index (χ3n) is 2.01. The zero-order valence-electron chi connectivity index (χ0n) is 8.94. The maximum Gasteiger partial charge on any atom is 0.251 e. The molecule has 88 valence electrons. The third kappa shape index (κ3) is 3.81. The lowest BCUT2D eigenvalue weighted by molar-refractivity contribution is 0.0839. The molecular weight excluding hydrogens is 230 g/mol. The van der Waals surface area contributed by atoms with Gasteiger partial charge in [-0.15, -0.1) is 0 Å². The van der Waals surface area contributed by atoms with Crippen molar-refractivity contribution >= 4 is 17.5 Å². The summed E-state index contributed by atoms with van der Waals surface area (Å²) in [5.41, 5.74) is 0.460. The van der Waals surface area contributed by atoms with Crippen LogP contribution in [0.3, 0.4) is 0 Å². The summed E-state index contributed by atoms with van der Waals surface area (Å²) in [5.74, 6) is -0.279. The molecule has 0 aliphatic rings. The lowest BCUT2D eigenvalue weighted by Crippen LogP contribution is -2.40. The maximum atomic E-state index is 11.7. The fraction of sp³-hybridized carbons (Fsp3) is 0.364. The Morgan fingerprint density at radius 2 is 2.38 bits per heavy atom. The van der Waals surface area contributed by atoms with Gasteiger partial charge in [-0.3, -0.25) is 4.79 Å². The van der Waals surface area contributed by atoms with Crippen LogP contribution in [0.4, 0.5) is 0 Å². The lowest BCUT2D eigenvalue weighted by atomic mass is 10.2. The molecule has 1 aromatic rings. The minimum absolute atomic E-state index is 0.167. The third-order valence-corrected chi connectivity index (χ3v) is 2.25. The van der Waals surface area contributed by atoms with E-state index in [2.05, 4.69) is 5.32 Å². The molecule has 0 aliphatic carbocycles. The molecule has 2 N–H and O–H groups in total. The molecule has 1 unspecified atom stereocenters. The number of rotatable bonds is 5. The van der Waals surface area contributed by atoms with Crippen molar-refractivity contribution in [3.8, 4) is 0 Å². The molecule has 1 aromatic carbocycles. The number of hydrogen-bond donors (Lipinski definition) is 2. The molecule has 0 radical (unpaired) electrons. The van der Waals surface area contributed by atoms with Gasteiger partial charge in [-0.25, -0.2) is 0 Å². The molecule has 0 heterocycles. The predicted octanol–water partition coefficient (Wildman–Crippen LogP) is 1.08. The van der Waals surface area contributed by atoms with E-state index in [0.29, 0.717) is 10.6 Å². The monoisotopic (exact) mass is 243 g/mol. The molecule has 1 atom stereocenters. The van der Waals surface area contributed by atoms with E-state index in [1.165, 1.54) is 7.11 Å². The van der Waals surface area contributed by atoms with Gasteiger partial charge in [0.2, 0.25) is 0 Å². The van der Waals surface area contributed by atoms with E-state index in [1.807, 2.05) is 0 Å². The Labute approximate surface area is 99.2 Å². The fourth-order valence-corrected chi connectivity index (χ4v) is 1.43. The van der Waals surface area contributed by atoms with Gasteiger partial charge in [-0.05, 0) is 18.2 Å². The molecule has 0 saturated heterocycles. The summed E-state index contributed by atoms with van der Waals surface area (Å²) in [7, 11) is 1.51. The first kappa shape index (κ1) is 13.0. The Balaban J connectivity index is 2.64. The van der Waals surface area contributed by atoms with E-state index in [-0.39, 0.29) is 19.1 Å². The first-order valence-corrected chi connectivity index (χ1v) is 5.21. The first-order chi connectivity index (χ1) is 7.67. The summed E-state index contributed by atoms with van der Waals surface area (Å²) in [6, 6.07) is 6.20. The van der Waals surface area contributed by atoms with Gasteiger partial charge in [0.15, 0.2) is 0 Å². The van der Waals surface area contributed by atoms with E-state index in [9.17, 15) is 4.79 Å². The van der Waals surface area contributed by atoms with E-state index in [1.54, 1.807) is 24.3 Å². The fourth-order valence-electron chi connectivity index (χ4n) is 1.24. The van der Waals surface area contributed by atoms with Crippen LogP contribution in [-0.2, 0) is 4.74 Å². The van der Waals surface area contributed by atoms with Crippen LogP contribution in [-0.4, -0.2) is 37.4 Å². The van der Waals surface area contributed by atoms with Crippen LogP contribution >= 0.6 is 11.6 Å². The van der Waals surface area contributed by atoms with Crippen molar-refractivity contribution in [3.05, 3.63) is 34.9 Å². The smallest absolute Gasteiger partial charge is 0.251 e. The maximum absolute atomic E-state index is 11.7. The van der Waals surface area contributed by atoms with Crippen LogP contribution < -0.4 is 5.32 Å². The minimum atomic E-state index is -0.406. The second-order valence-electron chi connectivity index (χ2n) is 3.32. The van der Waals surface area contributed by atoms with Gasteiger partial charge < -0.3 is 15.2 Å². The highest BCUT2D eigenvalue weighted by Gasteiger charge is 2.12. The van der Waals surface area contributed by atoms with E-state index in [4.69, 9.17) is 21.4 Å². The van der Waals surface area contributed by atoms with Gasteiger partial charge in [0.1, 0.15) is 0 Å². The molecule has 16 heavy (non-hydrogen) atoms. The van der Waals surface area contributed by atoms with E-state index in [0.717, 1.165) is 0 Å². The minimum Gasteiger partial charge on any atom is -0.394 e. The van der Waals surface area contributed by atoms with Gasteiger partial charge in [-0.1, -0.05) is 17.7 Å². The average molecular weight is 244 g/mol. The van der Waals surface area contributed by atoms with Crippen LogP contribution in [0.5, 0.6) is 0 Å². The zero-order chi connectivity index (χ0) is 12.0. The zero-order valence-corrected chi connectivity index (χ0v) is 9.70. The van der Waals surface area contributed by atoms with Crippen molar-refractivity contribution in [3.63, 3.8) is 0 Å². The molecule has 0 fully saturated rings. The Kier molecular flexibility index (Phi) is 5.25. The second kappa shape index (κ2) is 6.48. The van der Waals surface area contributed by atoms with Crippen molar-refractivity contribution in [2.24, 2.45) is 0 Å². The molecule has 0 spiro atoms. The number of carbonyl (C=O) groups is 1. The first-order valence-electron chi connectivity index (χ1n) is 4.83. The molecule has 5 heteroatoms. The molecule has 0 saturated carbocycles. The SMILES string of the molecule is COCC(CO)NC(=O)c1cccc(Cl)c1.